The third-order valence-electron chi connectivity index (χ3n) is 7.36. The Hall–Kier alpha value is -3.64. The van der Waals surface area contributed by atoms with E-state index in [1.807, 2.05) is 57.2 Å². The molecule has 0 radical (unpaired) electrons. The summed E-state index contributed by atoms with van der Waals surface area (Å²) in [5.74, 6) is 0.359. The van der Waals surface area contributed by atoms with Crippen LogP contribution >= 0.6 is 0 Å². The fourth-order valence-electron chi connectivity index (χ4n) is 4.76. The van der Waals surface area contributed by atoms with Crippen molar-refractivity contribution in [1.29, 1.82) is 0 Å². The zero-order valence-electron chi connectivity index (χ0n) is 26.3. The van der Waals surface area contributed by atoms with Crippen molar-refractivity contribution in [1.82, 2.24) is 0 Å². The Morgan fingerprint density at radius 3 is 1.74 bits per heavy atom. The number of unbranched alkanes of at least 4 members (excludes halogenated alkanes) is 6. The number of benzene rings is 3. The normalized spacial score (nSPS) is 12.4. The van der Waals surface area contributed by atoms with Crippen LogP contribution < -0.4 is 9.47 Å². The van der Waals surface area contributed by atoms with E-state index in [-0.39, 0.29) is 12.2 Å². The van der Waals surface area contributed by atoms with E-state index >= 15 is 0 Å². The molecule has 3 aromatic rings. The highest BCUT2D eigenvalue weighted by Gasteiger charge is 2.15. The smallest absolute Gasteiger partial charge is 0.343 e. The van der Waals surface area contributed by atoms with Crippen molar-refractivity contribution in [3.8, 4) is 22.6 Å². The predicted octanol–water partition coefficient (Wildman–Crippen LogP) is 9.45. The highest BCUT2D eigenvalue weighted by atomic mass is 16.5. The van der Waals surface area contributed by atoms with Gasteiger partial charge in [0.2, 0.25) is 0 Å². The summed E-state index contributed by atoms with van der Waals surface area (Å²) in [5.41, 5.74) is 2.89. The summed E-state index contributed by atoms with van der Waals surface area (Å²) in [5, 5.41) is 0. The second kappa shape index (κ2) is 18.8. The van der Waals surface area contributed by atoms with E-state index in [0.717, 1.165) is 42.7 Å². The molecule has 0 saturated heterocycles. The second-order valence-corrected chi connectivity index (χ2v) is 11.0. The molecular weight excluding hydrogens is 540 g/mol. The average molecular weight is 589 g/mol. The molecule has 43 heavy (non-hydrogen) atoms. The topological polar surface area (TPSA) is 71.1 Å². The van der Waals surface area contributed by atoms with E-state index in [9.17, 15) is 9.59 Å². The molecule has 0 unspecified atom stereocenters. The third kappa shape index (κ3) is 12.2. The number of ether oxygens (including phenoxy) is 4. The highest BCUT2D eigenvalue weighted by Crippen LogP contribution is 2.24. The van der Waals surface area contributed by atoms with Crippen molar-refractivity contribution >= 4 is 11.9 Å². The number of esters is 2. The van der Waals surface area contributed by atoms with Gasteiger partial charge in [-0.05, 0) is 99.7 Å². The number of hydrogen-bond donors (Lipinski definition) is 0. The quantitative estimate of drug-likeness (QED) is 0.0789. The minimum atomic E-state index is -0.465. The molecule has 0 N–H and O–H groups in total. The highest BCUT2D eigenvalue weighted by molar-refractivity contribution is 5.92. The maximum absolute atomic E-state index is 12.7. The zero-order chi connectivity index (χ0) is 30.9. The molecule has 6 heteroatoms. The van der Waals surface area contributed by atoms with Gasteiger partial charge in [-0.1, -0.05) is 69.7 Å². The average Bonchev–Trinajstić information content (AvgIpc) is 3.02. The molecule has 232 valence electrons. The van der Waals surface area contributed by atoms with Crippen molar-refractivity contribution in [3.05, 3.63) is 83.9 Å². The van der Waals surface area contributed by atoms with Gasteiger partial charge < -0.3 is 18.9 Å². The van der Waals surface area contributed by atoms with Crippen LogP contribution in [0.2, 0.25) is 0 Å². The van der Waals surface area contributed by atoms with Crippen LogP contribution in [0.15, 0.2) is 72.8 Å². The Labute approximate surface area is 257 Å². The lowest BCUT2D eigenvalue weighted by molar-refractivity contribution is 0.0227. The minimum Gasteiger partial charge on any atom is -0.494 e. The molecule has 0 aliphatic carbocycles. The molecule has 3 rings (SSSR count). The molecular formula is C37H48O6. The molecule has 2 atom stereocenters. The van der Waals surface area contributed by atoms with Gasteiger partial charge in [0.05, 0.1) is 29.9 Å². The van der Waals surface area contributed by atoms with E-state index in [1.54, 1.807) is 36.4 Å². The second-order valence-electron chi connectivity index (χ2n) is 11.0. The van der Waals surface area contributed by atoms with Gasteiger partial charge in [0.15, 0.2) is 0 Å². The maximum atomic E-state index is 12.7. The first-order chi connectivity index (χ1) is 20.9. The molecule has 0 amide bonds. The molecule has 0 aliphatic rings. The summed E-state index contributed by atoms with van der Waals surface area (Å²) < 4.78 is 22.5. The standard InChI is InChI=1S/C37H48O6/c1-5-7-8-9-10-11-12-27-41-34-23-19-31(20-24-34)30-15-17-32(18-16-30)37(39)43-35-25-21-33(22-26-35)36(38)42-29(4)14-13-28(3)40-6-2/h15-26,28-29H,5-14,27H2,1-4H3/t28-,29-/m0/s1. The molecule has 0 heterocycles. The van der Waals surface area contributed by atoms with E-state index < -0.39 is 11.9 Å². The monoisotopic (exact) mass is 588 g/mol. The Kier molecular flexibility index (Phi) is 14.8. The van der Waals surface area contributed by atoms with Crippen molar-refractivity contribution in [2.24, 2.45) is 0 Å². The fourth-order valence-corrected chi connectivity index (χ4v) is 4.76. The summed E-state index contributed by atoms with van der Waals surface area (Å²) in [4.78, 5) is 25.2. The van der Waals surface area contributed by atoms with Crippen LogP contribution in [0, 0.1) is 0 Å². The summed E-state index contributed by atoms with van der Waals surface area (Å²) in [6.07, 6.45) is 10.3. The summed E-state index contributed by atoms with van der Waals surface area (Å²) in [6, 6.07) is 21.8. The number of carbonyl (C=O) groups is 2. The first-order valence-electron chi connectivity index (χ1n) is 15.9. The summed E-state index contributed by atoms with van der Waals surface area (Å²) in [6.45, 7) is 9.50. The van der Waals surface area contributed by atoms with Crippen LogP contribution in [0.25, 0.3) is 11.1 Å². The Bertz CT molecular complexity index is 1220. The molecule has 0 aliphatic heterocycles. The van der Waals surface area contributed by atoms with Gasteiger partial charge >= 0.3 is 11.9 Å². The third-order valence-corrected chi connectivity index (χ3v) is 7.36. The van der Waals surface area contributed by atoms with Crippen molar-refractivity contribution in [2.75, 3.05) is 13.2 Å². The van der Waals surface area contributed by atoms with Crippen molar-refractivity contribution < 1.29 is 28.5 Å². The number of rotatable bonds is 19. The number of hydrogen-bond acceptors (Lipinski definition) is 6. The van der Waals surface area contributed by atoms with Gasteiger partial charge in [-0.15, -0.1) is 0 Å². The van der Waals surface area contributed by atoms with Gasteiger partial charge in [-0.25, -0.2) is 9.59 Å². The van der Waals surface area contributed by atoms with Crippen LogP contribution in [0.4, 0.5) is 0 Å². The first-order valence-corrected chi connectivity index (χ1v) is 15.9. The molecule has 0 spiro atoms. The lowest BCUT2D eigenvalue weighted by atomic mass is 10.0. The fraction of sp³-hybridized carbons (Fsp3) is 0.459. The summed E-state index contributed by atoms with van der Waals surface area (Å²) >= 11 is 0. The Morgan fingerprint density at radius 1 is 0.605 bits per heavy atom. The first kappa shape index (κ1) is 33.9. The molecule has 0 fully saturated rings. The lowest BCUT2D eigenvalue weighted by Gasteiger charge is -2.16. The Morgan fingerprint density at radius 2 is 1.12 bits per heavy atom. The Balaban J connectivity index is 1.43. The largest absolute Gasteiger partial charge is 0.494 e. The lowest BCUT2D eigenvalue weighted by Crippen LogP contribution is -2.18. The van der Waals surface area contributed by atoms with E-state index in [4.69, 9.17) is 18.9 Å². The zero-order valence-corrected chi connectivity index (χ0v) is 26.3. The molecule has 0 aromatic heterocycles. The van der Waals surface area contributed by atoms with E-state index in [2.05, 4.69) is 6.92 Å². The predicted molar refractivity (Wildman–Crippen MR) is 172 cm³/mol. The molecule has 0 bridgehead atoms. The van der Waals surface area contributed by atoms with Crippen LogP contribution in [0.1, 0.15) is 106 Å². The maximum Gasteiger partial charge on any atom is 0.343 e. The van der Waals surface area contributed by atoms with Gasteiger partial charge in [0, 0.05) is 6.61 Å². The van der Waals surface area contributed by atoms with Crippen molar-refractivity contribution in [2.45, 2.75) is 97.7 Å². The van der Waals surface area contributed by atoms with Gasteiger partial charge in [-0.3, -0.25) is 0 Å². The van der Waals surface area contributed by atoms with Gasteiger partial charge in [0.25, 0.3) is 0 Å². The molecule has 0 saturated carbocycles. The van der Waals surface area contributed by atoms with Crippen LogP contribution in [-0.4, -0.2) is 37.4 Å². The van der Waals surface area contributed by atoms with Crippen LogP contribution in [0.5, 0.6) is 11.5 Å². The molecule has 6 nitrogen and oxygen atoms in total. The SMILES string of the molecule is CCCCCCCCCOc1ccc(-c2ccc(C(=O)Oc3ccc(C(=O)O[C@@H](C)CC[C@H](C)OCC)cc3)cc2)cc1. The van der Waals surface area contributed by atoms with Gasteiger partial charge in [-0.2, -0.15) is 0 Å². The molecule has 3 aromatic carbocycles. The van der Waals surface area contributed by atoms with Crippen molar-refractivity contribution in [3.63, 3.8) is 0 Å². The summed E-state index contributed by atoms with van der Waals surface area (Å²) in [7, 11) is 0. The van der Waals surface area contributed by atoms with E-state index in [1.165, 1.54) is 38.5 Å². The minimum absolute atomic E-state index is 0.132. The van der Waals surface area contributed by atoms with E-state index in [0.29, 0.717) is 23.5 Å². The van der Waals surface area contributed by atoms with Gasteiger partial charge in [0.1, 0.15) is 11.5 Å². The van der Waals surface area contributed by atoms with Crippen LogP contribution in [-0.2, 0) is 9.47 Å². The number of carbonyl (C=O) groups excluding carboxylic acids is 2. The van der Waals surface area contributed by atoms with Crippen LogP contribution in [0.3, 0.4) is 0 Å².